The zero-order valence-corrected chi connectivity index (χ0v) is 10.0. The number of likely N-dealkylation sites (tertiary alicyclic amines) is 1. The summed E-state index contributed by atoms with van der Waals surface area (Å²) >= 11 is 1.76. The fourth-order valence-corrected chi connectivity index (χ4v) is 3.34. The Balaban J connectivity index is 2.15. The van der Waals surface area contributed by atoms with E-state index in [4.69, 9.17) is 5.73 Å². The molecule has 15 heavy (non-hydrogen) atoms. The van der Waals surface area contributed by atoms with Crippen molar-refractivity contribution >= 4 is 11.3 Å². The molecule has 0 spiro atoms. The molecule has 0 bridgehead atoms. The molecule has 2 atom stereocenters. The average molecular weight is 225 g/mol. The lowest BCUT2D eigenvalue weighted by atomic mass is 10.00. The van der Waals surface area contributed by atoms with Crippen LogP contribution in [0.2, 0.25) is 0 Å². The molecule has 84 valence electrons. The number of nitrogens with zero attached hydrogens (tertiary/aromatic N) is 2. The molecule has 0 aliphatic carbocycles. The summed E-state index contributed by atoms with van der Waals surface area (Å²) in [4.78, 5) is 8.13. The highest BCUT2D eigenvalue weighted by Crippen LogP contribution is 2.38. The van der Waals surface area contributed by atoms with Gasteiger partial charge in [0.15, 0.2) is 0 Å². The van der Waals surface area contributed by atoms with Gasteiger partial charge in [-0.1, -0.05) is 6.92 Å². The molecule has 1 aliphatic heterocycles. The van der Waals surface area contributed by atoms with E-state index in [0.717, 1.165) is 6.54 Å². The molecule has 0 amide bonds. The molecule has 2 rings (SSSR count). The quantitative estimate of drug-likeness (QED) is 0.850. The third kappa shape index (κ3) is 2.22. The van der Waals surface area contributed by atoms with Gasteiger partial charge in [0.2, 0.25) is 0 Å². The topological polar surface area (TPSA) is 42.1 Å². The van der Waals surface area contributed by atoms with Crippen molar-refractivity contribution in [3.8, 4) is 0 Å². The van der Waals surface area contributed by atoms with Gasteiger partial charge >= 0.3 is 0 Å². The molecule has 1 aromatic rings. The number of hydrogen-bond donors (Lipinski definition) is 1. The van der Waals surface area contributed by atoms with Crippen LogP contribution in [0.5, 0.6) is 0 Å². The first kappa shape index (κ1) is 11.0. The van der Waals surface area contributed by atoms with Crippen molar-refractivity contribution in [2.75, 3.05) is 19.6 Å². The highest BCUT2D eigenvalue weighted by Gasteiger charge is 2.34. The van der Waals surface area contributed by atoms with Crippen molar-refractivity contribution < 1.29 is 0 Å². The summed E-state index contributed by atoms with van der Waals surface area (Å²) in [5.74, 6) is 0.622. The summed E-state index contributed by atoms with van der Waals surface area (Å²) in [6.45, 7) is 5.40. The Kier molecular flexibility index (Phi) is 3.72. The maximum Gasteiger partial charge on any atom is 0.0794 e. The molecule has 1 saturated heterocycles. The molecule has 1 aromatic heterocycles. The minimum Gasteiger partial charge on any atom is -0.330 e. The first-order chi connectivity index (χ1) is 7.36. The van der Waals surface area contributed by atoms with E-state index in [1.54, 1.807) is 11.3 Å². The van der Waals surface area contributed by atoms with E-state index in [1.807, 2.05) is 11.7 Å². The molecule has 0 saturated carbocycles. The van der Waals surface area contributed by atoms with Gasteiger partial charge in [-0.25, -0.2) is 0 Å². The molecule has 2 N–H and O–H groups in total. The summed E-state index contributed by atoms with van der Waals surface area (Å²) < 4.78 is 0. The van der Waals surface area contributed by atoms with Gasteiger partial charge in [-0.15, -0.1) is 11.3 Å². The largest absolute Gasteiger partial charge is 0.330 e. The van der Waals surface area contributed by atoms with Crippen molar-refractivity contribution in [3.05, 3.63) is 16.6 Å². The van der Waals surface area contributed by atoms with Gasteiger partial charge in [-0.05, 0) is 38.4 Å². The van der Waals surface area contributed by atoms with E-state index in [1.165, 1.54) is 30.8 Å². The number of thiazole rings is 1. The fraction of sp³-hybridized carbons (Fsp3) is 0.727. The molecule has 1 aliphatic rings. The summed E-state index contributed by atoms with van der Waals surface area (Å²) in [7, 11) is 0. The van der Waals surface area contributed by atoms with Crippen molar-refractivity contribution in [2.24, 2.45) is 11.7 Å². The van der Waals surface area contributed by atoms with Gasteiger partial charge in [0, 0.05) is 17.1 Å². The van der Waals surface area contributed by atoms with Crippen molar-refractivity contribution in [3.63, 3.8) is 0 Å². The Morgan fingerprint density at radius 1 is 1.67 bits per heavy atom. The first-order valence-electron chi connectivity index (χ1n) is 5.69. The lowest BCUT2D eigenvalue weighted by molar-refractivity contribution is 0.234. The molecular formula is C11H19N3S. The maximum absolute atomic E-state index is 5.85. The van der Waals surface area contributed by atoms with Crippen molar-refractivity contribution in [1.82, 2.24) is 9.88 Å². The van der Waals surface area contributed by atoms with Crippen molar-refractivity contribution in [2.45, 2.75) is 25.8 Å². The zero-order chi connectivity index (χ0) is 10.7. The second kappa shape index (κ2) is 5.05. The van der Waals surface area contributed by atoms with Crippen LogP contribution in [0.15, 0.2) is 11.7 Å². The SMILES string of the molecule is CCCN1CCC(CN)C1c1cncs1. The molecule has 3 nitrogen and oxygen atoms in total. The second-order valence-corrected chi connectivity index (χ2v) is 5.09. The van der Waals surface area contributed by atoms with E-state index in [2.05, 4.69) is 16.8 Å². The van der Waals surface area contributed by atoms with Gasteiger partial charge in [0.25, 0.3) is 0 Å². The Bertz CT molecular complexity index is 286. The van der Waals surface area contributed by atoms with Crippen LogP contribution in [-0.4, -0.2) is 29.5 Å². The molecule has 2 unspecified atom stereocenters. The van der Waals surface area contributed by atoms with Gasteiger partial charge in [-0.3, -0.25) is 9.88 Å². The monoisotopic (exact) mass is 225 g/mol. The van der Waals surface area contributed by atoms with Crippen LogP contribution >= 0.6 is 11.3 Å². The van der Waals surface area contributed by atoms with E-state index in [-0.39, 0.29) is 0 Å². The number of nitrogens with two attached hydrogens (primary N) is 1. The number of hydrogen-bond acceptors (Lipinski definition) is 4. The summed E-state index contributed by atoms with van der Waals surface area (Å²) in [5, 5.41) is 0. The van der Waals surface area contributed by atoms with E-state index in [9.17, 15) is 0 Å². The van der Waals surface area contributed by atoms with E-state index < -0.39 is 0 Å². The summed E-state index contributed by atoms with van der Waals surface area (Å²) in [6, 6.07) is 0.530. The normalized spacial score (nSPS) is 27.3. The van der Waals surface area contributed by atoms with Crippen LogP contribution in [0.3, 0.4) is 0 Å². The highest BCUT2D eigenvalue weighted by molar-refractivity contribution is 7.09. The Morgan fingerprint density at radius 3 is 3.13 bits per heavy atom. The minimum atomic E-state index is 0.530. The highest BCUT2D eigenvalue weighted by atomic mass is 32.1. The predicted molar refractivity (Wildman–Crippen MR) is 63.9 cm³/mol. The van der Waals surface area contributed by atoms with Crippen LogP contribution in [0, 0.1) is 5.92 Å². The van der Waals surface area contributed by atoms with Gasteiger partial charge in [0.05, 0.1) is 5.51 Å². The molecule has 2 heterocycles. The van der Waals surface area contributed by atoms with Crippen LogP contribution in [-0.2, 0) is 0 Å². The van der Waals surface area contributed by atoms with Gasteiger partial charge in [-0.2, -0.15) is 0 Å². The molecule has 4 heteroatoms. The lowest BCUT2D eigenvalue weighted by Gasteiger charge is -2.26. The third-order valence-corrected chi connectivity index (χ3v) is 4.03. The third-order valence-electron chi connectivity index (χ3n) is 3.18. The number of aromatic nitrogens is 1. The van der Waals surface area contributed by atoms with E-state index in [0.29, 0.717) is 12.0 Å². The Morgan fingerprint density at radius 2 is 2.53 bits per heavy atom. The maximum atomic E-state index is 5.85. The van der Waals surface area contributed by atoms with Crippen molar-refractivity contribution in [1.29, 1.82) is 0 Å². The second-order valence-electron chi connectivity index (χ2n) is 4.17. The average Bonchev–Trinajstić information content (AvgIpc) is 2.85. The lowest BCUT2D eigenvalue weighted by Crippen LogP contribution is -2.28. The predicted octanol–water partition coefficient (Wildman–Crippen LogP) is 1.87. The fourth-order valence-electron chi connectivity index (χ4n) is 2.50. The smallest absolute Gasteiger partial charge is 0.0794 e. The van der Waals surface area contributed by atoms with Crippen LogP contribution in [0.1, 0.15) is 30.7 Å². The van der Waals surface area contributed by atoms with Crippen LogP contribution in [0.4, 0.5) is 0 Å². The van der Waals surface area contributed by atoms with Gasteiger partial charge < -0.3 is 5.73 Å². The standard InChI is InChI=1S/C11H19N3S/c1-2-4-14-5-3-9(6-12)11(14)10-7-13-8-15-10/h7-9,11H,2-6,12H2,1H3. The first-order valence-corrected chi connectivity index (χ1v) is 6.57. The zero-order valence-electron chi connectivity index (χ0n) is 9.22. The van der Waals surface area contributed by atoms with Crippen LogP contribution in [0.25, 0.3) is 0 Å². The summed E-state index contributed by atoms with van der Waals surface area (Å²) in [5.41, 5.74) is 7.77. The van der Waals surface area contributed by atoms with E-state index >= 15 is 0 Å². The molecule has 1 fully saturated rings. The molecule has 0 radical (unpaired) electrons. The molecule has 0 aromatic carbocycles. The number of rotatable bonds is 4. The van der Waals surface area contributed by atoms with Crippen LogP contribution < -0.4 is 5.73 Å². The Hall–Kier alpha value is -0.450. The molecular weight excluding hydrogens is 206 g/mol. The Labute approximate surface area is 95.3 Å². The van der Waals surface area contributed by atoms with Gasteiger partial charge in [0.1, 0.15) is 0 Å². The summed E-state index contributed by atoms with van der Waals surface area (Å²) in [6.07, 6.45) is 4.46. The minimum absolute atomic E-state index is 0.530.